The molecular weight excluding hydrogens is 292 g/mol. The highest BCUT2D eigenvalue weighted by atomic mass is 14.5. The van der Waals surface area contributed by atoms with E-state index in [0.717, 1.165) is 0 Å². The van der Waals surface area contributed by atoms with Gasteiger partial charge in [-0.25, -0.2) is 0 Å². The van der Waals surface area contributed by atoms with Crippen LogP contribution >= 0.6 is 0 Å². The van der Waals surface area contributed by atoms with Gasteiger partial charge < -0.3 is 11.5 Å². The summed E-state index contributed by atoms with van der Waals surface area (Å²) in [6.45, 7) is 7.89. The van der Waals surface area contributed by atoms with Crippen molar-refractivity contribution in [1.82, 2.24) is 0 Å². The lowest BCUT2D eigenvalue weighted by atomic mass is 9.87. The maximum absolute atomic E-state index is 5.83. The van der Waals surface area contributed by atoms with E-state index in [0.29, 0.717) is 19.0 Å². The lowest BCUT2D eigenvalue weighted by Crippen LogP contribution is -2.02. The zero-order valence-electron chi connectivity index (χ0n) is 14.8. The van der Waals surface area contributed by atoms with Gasteiger partial charge in [0.25, 0.3) is 0 Å². The van der Waals surface area contributed by atoms with Crippen LogP contribution in [0.1, 0.15) is 48.9 Å². The fraction of sp³-hybridized carbons (Fsp3) is 0.273. The van der Waals surface area contributed by atoms with Gasteiger partial charge in [-0.2, -0.15) is 0 Å². The molecule has 0 saturated heterocycles. The Bertz CT molecular complexity index is 827. The summed E-state index contributed by atoms with van der Waals surface area (Å²) in [5, 5.41) is 0. The Kier molecular flexibility index (Phi) is 4.70. The summed E-state index contributed by atoms with van der Waals surface area (Å²) < 4.78 is 0. The van der Waals surface area contributed by atoms with Crippen molar-refractivity contribution in [2.24, 2.45) is 11.5 Å². The molecule has 3 rings (SSSR count). The SMILES string of the molecule is CC1=C(C)C(c2cccc(CN)c2)C(C)=C1c1cccc(CN)c1. The largest absolute Gasteiger partial charge is 0.326 e. The van der Waals surface area contributed by atoms with E-state index in [4.69, 9.17) is 11.5 Å². The Morgan fingerprint density at radius 3 is 2.08 bits per heavy atom. The number of allylic oxidation sites excluding steroid dienone is 4. The quantitative estimate of drug-likeness (QED) is 0.871. The number of nitrogens with two attached hydrogens (primary N) is 2. The monoisotopic (exact) mass is 318 g/mol. The van der Waals surface area contributed by atoms with Crippen LogP contribution in [0.2, 0.25) is 0 Å². The van der Waals surface area contributed by atoms with E-state index in [-0.39, 0.29) is 0 Å². The van der Waals surface area contributed by atoms with Crippen LogP contribution in [0, 0.1) is 0 Å². The summed E-state index contributed by atoms with van der Waals surface area (Å²) in [7, 11) is 0. The molecule has 0 heterocycles. The second kappa shape index (κ2) is 6.76. The summed E-state index contributed by atoms with van der Waals surface area (Å²) in [4.78, 5) is 0. The maximum atomic E-state index is 5.83. The average molecular weight is 318 g/mol. The lowest BCUT2D eigenvalue weighted by Gasteiger charge is -2.17. The highest BCUT2D eigenvalue weighted by molar-refractivity contribution is 5.87. The van der Waals surface area contributed by atoms with Crippen LogP contribution in [0.3, 0.4) is 0 Å². The third-order valence-corrected chi connectivity index (χ3v) is 5.20. The number of benzene rings is 2. The van der Waals surface area contributed by atoms with Crippen molar-refractivity contribution < 1.29 is 0 Å². The molecule has 24 heavy (non-hydrogen) atoms. The van der Waals surface area contributed by atoms with Gasteiger partial charge in [0.15, 0.2) is 0 Å². The molecule has 0 aromatic heterocycles. The molecule has 2 heteroatoms. The zero-order valence-corrected chi connectivity index (χ0v) is 14.8. The number of rotatable bonds is 4. The van der Waals surface area contributed by atoms with Gasteiger partial charge in [0.2, 0.25) is 0 Å². The average Bonchev–Trinajstić information content (AvgIpc) is 2.84. The Morgan fingerprint density at radius 1 is 0.792 bits per heavy atom. The van der Waals surface area contributed by atoms with Crippen LogP contribution < -0.4 is 11.5 Å². The predicted molar refractivity (Wildman–Crippen MR) is 102 cm³/mol. The smallest absolute Gasteiger partial charge is 0.0267 e. The predicted octanol–water partition coefficient (Wildman–Crippen LogP) is 4.51. The van der Waals surface area contributed by atoms with Gasteiger partial charge in [0.05, 0.1) is 0 Å². The summed E-state index contributed by atoms with van der Waals surface area (Å²) in [5.41, 5.74) is 22.2. The van der Waals surface area contributed by atoms with E-state index < -0.39 is 0 Å². The van der Waals surface area contributed by atoms with Crippen LogP contribution in [0.5, 0.6) is 0 Å². The van der Waals surface area contributed by atoms with E-state index in [9.17, 15) is 0 Å². The molecule has 0 aliphatic heterocycles. The first-order valence-corrected chi connectivity index (χ1v) is 8.53. The second-order valence-electron chi connectivity index (χ2n) is 6.65. The third-order valence-electron chi connectivity index (χ3n) is 5.20. The minimum absolute atomic E-state index is 0.341. The molecule has 0 amide bonds. The van der Waals surface area contributed by atoms with Crippen molar-refractivity contribution >= 4 is 5.57 Å². The molecule has 0 fully saturated rings. The van der Waals surface area contributed by atoms with Crippen molar-refractivity contribution in [3.63, 3.8) is 0 Å². The first kappa shape index (κ1) is 16.7. The topological polar surface area (TPSA) is 52.0 Å². The van der Waals surface area contributed by atoms with E-state index in [1.54, 1.807) is 0 Å². The molecule has 1 unspecified atom stereocenters. The molecule has 1 aliphatic carbocycles. The van der Waals surface area contributed by atoms with Gasteiger partial charge in [-0.3, -0.25) is 0 Å². The summed E-state index contributed by atoms with van der Waals surface area (Å²) >= 11 is 0. The van der Waals surface area contributed by atoms with Crippen molar-refractivity contribution in [1.29, 1.82) is 0 Å². The van der Waals surface area contributed by atoms with Gasteiger partial charge >= 0.3 is 0 Å². The van der Waals surface area contributed by atoms with Gasteiger partial charge in [-0.15, -0.1) is 0 Å². The van der Waals surface area contributed by atoms with E-state index in [1.807, 2.05) is 0 Å². The molecule has 0 bridgehead atoms. The van der Waals surface area contributed by atoms with Crippen molar-refractivity contribution in [3.05, 3.63) is 87.5 Å². The van der Waals surface area contributed by atoms with Crippen LogP contribution in [-0.2, 0) is 13.1 Å². The van der Waals surface area contributed by atoms with Crippen molar-refractivity contribution in [3.8, 4) is 0 Å². The van der Waals surface area contributed by atoms with Crippen LogP contribution in [-0.4, -0.2) is 0 Å². The Morgan fingerprint density at radius 2 is 1.42 bits per heavy atom. The standard InChI is InChI=1S/C22H26N2/c1-14-15(2)22(20-9-5-7-18(11-20)13-24)16(3)21(14)19-8-4-6-17(10-19)12-23/h4-11,21H,12-13,23-24H2,1-3H3. The normalized spacial score (nSPS) is 17.8. The lowest BCUT2D eigenvalue weighted by molar-refractivity contribution is 0.930. The summed E-state index contributed by atoms with van der Waals surface area (Å²) in [6, 6.07) is 17.2. The Balaban J connectivity index is 2.11. The van der Waals surface area contributed by atoms with Gasteiger partial charge in [-0.05, 0) is 60.2 Å². The summed E-state index contributed by atoms with van der Waals surface area (Å²) in [5.74, 6) is 0.341. The maximum Gasteiger partial charge on any atom is 0.0267 e. The molecule has 124 valence electrons. The van der Waals surface area contributed by atoms with E-state index in [2.05, 4.69) is 69.3 Å². The number of hydrogen-bond acceptors (Lipinski definition) is 2. The molecule has 2 aromatic rings. The minimum atomic E-state index is 0.341. The van der Waals surface area contributed by atoms with Gasteiger partial charge in [-0.1, -0.05) is 53.6 Å². The van der Waals surface area contributed by atoms with Crippen LogP contribution in [0.4, 0.5) is 0 Å². The molecule has 2 aromatic carbocycles. The van der Waals surface area contributed by atoms with E-state index in [1.165, 1.54) is 44.5 Å². The van der Waals surface area contributed by atoms with E-state index >= 15 is 0 Å². The van der Waals surface area contributed by atoms with Gasteiger partial charge in [0, 0.05) is 19.0 Å². The highest BCUT2D eigenvalue weighted by Gasteiger charge is 2.28. The molecule has 1 aliphatic rings. The summed E-state index contributed by atoms with van der Waals surface area (Å²) in [6.07, 6.45) is 0. The molecule has 0 radical (unpaired) electrons. The fourth-order valence-electron chi connectivity index (χ4n) is 3.88. The van der Waals surface area contributed by atoms with Crippen LogP contribution in [0.15, 0.2) is 65.3 Å². The molecule has 4 N–H and O–H groups in total. The highest BCUT2D eigenvalue weighted by Crippen LogP contribution is 2.47. The Hall–Kier alpha value is -2.16. The van der Waals surface area contributed by atoms with Crippen LogP contribution in [0.25, 0.3) is 5.57 Å². The molecule has 0 saturated carbocycles. The molecule has 2 nitrogen and oxygen atoms in total. The second-order valence-corrected chi connectivity index (χ2v) is 6.65. The molecular formula is C22H26N2. The first-order valence-electron chi connectivity index (χ1n) is 8.53. The zero-order chi connectivity index (χ0) is 17.3. The van der Waals surface area contributed by atoms with Crippen molar-refractivity contribution in [2.45, 2.75) is 39.8 Å². The van der Waals surface area contributed by atoms with Crippen molar-refractivity contribution in [2.75, 3.05) is 0 Å². The third kappa shape index (κ3) is 2.83. The number of hydrogen-bond donors (Lipinski definition) is 2. The Labute approximate surface area is 144 Å². The fourth-order valence-corrected chi connectivity index (χ4v) is 3.88. The first-order chi connectivity index (χ1) is 11.6. The minimum Gasteiger partial charge on any atom is -0.326 e. The molecule has 1 atom stereocenters. The molecule has 0 spiro atoms. The van der Waals surface area contributed by atoms with Gasteiger partial charge in [0.1, 0.15) is 0 Å².